The van der Waals surface area contributed by atoms with Crippen molar-refractivity contribution < 1.29 is 13.5 Å². The van der Waals surface area contributed by atoms with Crippen LogP contribution in [0.2, 0.25) is 0 Å². The summed E-state index contributed by atoms with van der Waals surface area (Å²) in [6, 6.07) is 10.6. The molecule has 2 rings (SSSR count). The summed E-state index contributed by atoms with van der Waals surface area (Å²) in [5, 5.41) is 0. The molecule has 0 heterocycles. The third kappa shape index (κ3) is 4.02. The largest absolute Gasteiger partial charge is 0.488 e. The lowest BCUT2D eigenvalue weighted by molar-refractivity contribution is 0.276. The van der Waals surface area contributed by atoms with Crippen molar-refractivity contribution in [2.24, 2.45) is 5.73 Å². The number of nitrogens with two attached hydrogens (primary N) is 1. The van der Waals surface area contributed by atoms with Gasteiger partial charge in [-0.25, -0.2) is 8.78 Å². The molecule has 0 aliphatic carbocycles. The van der Waals surface area contributed by atoms with E-state index >= 15 is 0 Å². The number of ether oxygens (including phenoxy) is 1. The standard InChI is InChI=1S/C17H19F2NO/c1-11(2)12-3-5-13(6-4-12)16(20)10-21-17-9-14(18)7-8-15(17)19/h3-9,11,16H,10,20H2,1-2H3. The van der Waals surface area contributed by atoms with Crippen LogP contribution in [0, 0.1) is 11.6 Å². The average Bonchev–Trinajstić information content (AvgIpc) is 2.48. The lowest BCUT2D eigenvalue weighted by Crippen LogP contribution is -2.19. The molecule has 2 aromatic carbocycles. The van der Waals surface area contributed by atoms with Crippen molar-refractivity contribution in [3.8, 4) is 5.75 Å². The summed E-state index contributed by atoms with van der Waals surface area (Å²) < 4.78 is 31.7. The first-order chi connectivity index (χ1) is 9.97. The highest BCUT2D eigenvalue weighted by molar-refractivity contribution is 5.28. The number of hydrogen-bond donors (Lipinski definition) is 1. The molecule has 2 nitrogen and oxygen atoms in total. The van der Waals surface area contributed by atoms with Crippen LogP contribution in [0.25, 0.3) is 0 Å². The highest BCUT2D eigenvalue weighted by Crippen LogP contribution is 2.21. The maximum atomic E-state index is 13.4. The van der Waals surface area contributed by atoms with E-state index in [0.29, 0.717) is 5.92 Å². The Labute approximate surface area is 123 Å². The fraction of sp³-hybridized carbons (Fsp3) is 0.294. The molecule has 21 heavy (non-hydrogen) atoms. The van der Waals surface area contributed by atoms with Crippen LogP contribution < -0.4 is 10.5 Å². The highest BCUT2D eigenvalue weighted by Gasteiger charge is 2.10. The molecule has 0 fully saturated rings. The molecular weight excluding hydrogens is 272 g/mol. The molecule has 0 amide bonds. The Morgan fingerprint density at radius 1 is 1.00 bits per heavy atom. The third-order valence-corrected chi connectivity index (χ3v) is 3.34. The lowest BCUT2D eigenvalue weighted by Gasteiger charge is -2.15. The molecule has 0 saturated carbocycles. The quantitative estimate of drug-likeness (QED) is 0.897. The molecule has 0 radical (unpaired) electrons. The van der Waals surface area contributed by atoms with Gasteiger partial charge in [0, 0.05) is 6.07 Å². The van der Waals surface area contributed by atoms with Crippen molar-refractivity contribution in [3.63, 3.8) is 0 Å². The van der Waals surface area contributed by atoms with Gasteiger partial charge in [-0.3, -0.25) is 0 Å². The van der Waals surface area contributed by atoms with Crippen molar-refractivity contribution in [2.45, 2.75) is 25.8 Å². The van der Waals surface area contributed by atoms with Crippen LogP contribution in [-0.2, 0) is 0 Å². The molecule has 2 aromatic rings. The highest BCUT2D eigenvalue weighted by atomic mass is 19.1. The van der Waals surface area contributed by atoms with Crippen molar-refractivity contribution in [2.75, 3.05) is 6.61 Å². The van der Waals surface area contributed by atoms with Gasteiger partial charge in [-0.15, -0.1) is 0 Å². The lowest BCUT2D eigenvalue weighted by atomic mass is 10.00. The van der Waals surface area contributed by atoms with E-state index in [1.54, 1.807) is 0 Å². The molecule has 0 bridgehead atoms. The topological polar surface area (TPSA) is 35.2 Å². The van der Waals surface area contributed by atoms with Crippen LogP contribution >= 0.6 is 0 Å². The maximum absolute atomic E-state index is 13.4. The minimum absolute atomic E-state index is 0.0847. The van der Waals surface area contributed by atoms with Crippen LogP contribution in [-0.4, -0.2) is 6.61 Å². The van der Waals surface area contributed by atoms with Gasteiger partial charge < -0.3 is 10.5 Å². The van der Waals surface area contributed by atoms with Gasteiger partial charge in [0.05, 0.1) is 6.04 Å². The van der Waals surface area contributed by atoms with Gasteiger partial charge >= 0.3 is 0 Å². The van der Waals surface area contributed by atoms with E-state index in [9.17, 15) is 8.78 Å². The first-order valence-corrected chi connectivity index (χ1v) is 6.90. The van der Waals surface area contributed by atoms with Crippen molar-refractivity contribution in [1.82, 2.24) is 0 Å². The van der Waals surface area contributed by atoms with Gasteiger partial charge in [0.1, 0.15) is 12.4 Å². The van der Waals surface area contributed by atoms with Crippen molar-refractivity contribution in [3.05, 3.63) is 65.2 Å². The molecule has 1 unspecified atom stereocenters. The van der Waals surface area contributed by atoms with Gasteiger partial charge in [0.25, 0.3) is 0 Å². The number of halogens is 2. The molecule has 112 valence electrons. The molecule has 0 aliphatic rings. The van der Waals surface area contributed by atoms with Crippen molar-refractivity contribution in [1.29, 1.82) is 0 Å². The second-order valence-corrected chi connectivity index (χ2v) is 5.31. The van der Waals surface area contributed by atoms with E-state index in [2.05, 4.69) is 13.8 Å². The minimum atomic E-state index is -0.598. The summed E-state index contributed by atoms with van der Waals surface area (Å²) in [7, 11) is 0. The molecule has 0 aliphatic heterocycles. The van der Waals surface area contributed by atoms with Crippen LogP contribution in [0.4, 0.5) is 8.78 Å². The van der Waals surface area contributed by atoms with Crippen LogP contribution in [0.3, 0.4) is 0 Å². The number of benzene rings is 2. The molecule has 1 atom stereocenters. The molecule has 0 aromatic heterocycles. The van der Waals surface area contributed by atoms with E-state index in [1.165, 1.54) is 5.56 Å². The second kappa shape index (κ2) is 6.68. The van der Waals surface area contributed by atoms with Crippen LogP contribution in [0.5, 0.6) is 5.75 Å². The minimum Gasteiger partial charge on any atom is -0.488 e. The first-order valence-electron chi connectivity index (χ1n) is 6.90. The van der Waals surface area contributed by atoms with Crippen molar-refractivity contribution >= 4 is 0 Å². The fourth-order valence-electron chi connectivity index (χ4n) is 1.99. The molecule has 0 saturated heterocycles. The fourth-order valence-corrected chi connectivity index (χ4v) is 1.99. The summed E-state index contributed by atoms with van der Waals surface area (Å²) in [5.41, 5.74) is 8.14. The van der Waals surface area contributed by atoms with Crippen LogP contribution in [0.1, 0.15) is 36.9 Å². The molecule has 0 spiro atoms. The van der Waals surface area contributed by atoms with E-state index < -0.39 is 17.7 Å². The SMILES string of the molecule is CC(C)c1ccc(C(N)COc2cc(F)ccc2F)cc1. The summed E-state index contributed by atoms with van der Waals surface area (Å²) in [4.78, 5) is 0. The zero-order valence-corrected chi connectivity index (χ0v) is 12.1. The summed E-state index contributed by atoms with van der Waals surface area (Å²) in [6.45, 7) is 4.32. The summed E-state index contributed by atoms with van der Waals surface area (Å²) in [6.07, 6.45) is 0. The Hall–Kier alpha value is -1.94. The van der Waals surface area contributed by atoms with Gasteiger partial charge in [-0.05, 0) is 29.2 Å². The number of hydrogen-bond acceptors (Lipinski definition) is 2. The van der Waals surface area contributed by atoms with Gasteiger partial charge in [-0.1, -0.05) is 38.1 Å². The molecule has 2 N–H and O–H groups in total. The Kier molecular flexibility index (Phi) is 4.91. The Morgan fingerprint density at radius 2 is 1.62 bits per heavy atom. The van der Waals surface area contributed by atoms with Crippen LogP contribution in [0.15, 0.2) is 42.5 Å². The van der Waals surface area contributed by atoms with Gasteiger partial charge in [0.15, 0.2) is 11.6 Å². The number of rotatable bonds is 5. The van der Waals surface area contributed by atoms with E-state index in [4.69, 9.17) is 10.5 Å². The zero-order valence-electron chi connectivity index (χ0n) is 12.1. The van der Waals surface area contributed by atoms with E-state index in [-0.39, 0.29) is 12.4 Å². The van der Waals surface area contributed by atoms with E-state index in [1.807, 2.05) is 24.3 Å². The molecule has 4 heteroatoms. The predicted octanol–water partition coefficient (Wildman–Crippen LogP) is 4.17. The normalized spacial score (nSPS) is 12.5. The molecular formula is C17H19F2NO. The second-order valence-electron chi connectivity index (χ2n) is 5.31. The van der Waals surface area contributed by atoms with Gasteiger partial charge in [0.2, 0.25) is 0 Å². The summed E-state index contributed by atoms with van der Waals surface area (Å²) >= 11 is 0. The third-order valence-electron chi connectivity index (χ3n) is 3.34. The Balaban J connectivity index is 2.01. The average molecular weight is 291 g/mol. The zero-order chi connectivity index (χ0) is 15.4. The Bertz CT molecular complexity index is 596. The van der Waals surface area contributed by atoms with E-state index in [0.717, 1.165) is 23.8 Å². The smallest absolute Gasteiger partial charge is 0.165 e. The monoisotopic (exact) mass is 291 g/mol. The maximum Gasteiger partial charge on any atom is 0.165 e. The predicted molar refractivity (Wildman–Crippen MR) is 79.3 cm³/mol. The first kappa shape index (κ1) is 15.4. The summed E-state index contributed by atoms with van der Waals surface area (Å²) in [5.74, 6) is -0.808. The van der Waals surface area contributed by atoms with Gasteiger partial charge in [-0.2, -0.15) is 0 Å². The Morgan fingerprint density at radius 3 is 2.24 bits per heavy atom.